The molecule has 0 radical (unpaired) electrons. The Hall–Kier alpha value is -2.67. The molecule has 1 amide bonds. The van der Waals surface area contributed by atoms with Crippen molar-refractivity contribution in [3.8, 4) is 11.5 Å². The standard InChI is InChI=1S/C24H22BrNO5/c1-14(27)26-9-7-24(8-10-26)13-19(28)17-5-6-20-22(23(17)31-24)18(12-21(29)30-20)15-3-2-4-16(25)11-15/h2-6,11,18H,7-10,12-13H2,1H3/t18-/m1/s1. The molecule has 2 aromatic rings. The van der Waals surface area contributed by atoms with Crippen molar-refractivity contribution in [2.75, 3.05) is 13.1 Å². The number of benzene rings is 2. The van der Waals surface area contributed by atoms with Crippen molar-refractivity contribution in [2.24, 2.45) is 0 Å². The number of carbonyl (C=O) groups is 3. The van der Waals surface area contributed by atoms with E-state index in [9.17, 15) is 14.4 Å². The van der Waals surface area contributed by atoms with E-state index in [0.717, 1.165) is 15.6 Å². The van der Waals surface area contributed by atoms with E-state index in [4.69, 9.17) is 9.47 Å². The molecule has 0 aromatic heterocycles. The Morgan fingerprint density at radius 1 is 1.16 bits per heavy atom. The number of nitrogens with zero attached hydrogens (tertiary/aromatic N) is 1. The molecule has 5 rings (SSSR count). The van der Waals surface area contributed by atoms with Crippen LogP contribution in [0.15, 0.2) is 40.9 Å². The summed E-state index contributed by atoms with van der Waals surface area (Å²) in [7, 11) is 0. The first kappa shape index (κ1) is 20.2. The number of amides is 1. The number of fused-ring (bicyclic) bond motifs is 3. The smallest absolute Gasteiger partial charge is 0.312 e. The van der Waals surface area contributed by atoms with Gasteiger partial charge in [0.05, 0.1) is 18.4 Å². The van der Waals surface area contributed by atoms with E-state index in [1.807, 2.05) is 24.3 Å². The summed E-state index contributed by atoms with van der Waals surface area (Å²) in [4.78, 5) is 39.0. The van der Waals surface area contributed by atoms with Crippen molar-refractivity contribution >= 4 is 33.6 Å². The van der Waals surface area contributed by atoms with E-state index in [2.05, 4.69) is 15.9 Å². The first-order chi connectivity index (χ1) is 14.8. The minimum absolute atomic E-state index is 0.0326. The fourth-order valence-corrected chi connectivity index (χ4v) is 5.34. The van der Waals surface area contributed by atoms with Crippen molar-refractivity contribution in [2.45, 2.75) is 44.1 Å². The number of Topliss-reactive ketones (excluding diaryl/α,β-unsaturated/α-hetero) is 1. The molecule has 0 unspecified atom stereocenters. The van der Waals surface area contributed by atoms with Crippen LogP contribution >= 0.6 is 15.9 Å². The van der Waals surface area contributed by atoms with Crippen LogP contribution in [0.4, 0.5) is 0 Å². The van der Waals surface area contributed by atoms with Gasteiger partial charge in [-0.2, -0.15) is 0 Å². The van der Waals surface area contributed by atoms with Crippen LogP contribution < -0.4 is 9.47 Å². The average molecular weight is 484 g/mol. The number of halogens is 1. The third-order valence-electron chi connectivity index (χ3n) is 6.57. The number of piperidine rings is 1. The van der Waals surface area contributed by atoms with Crippen molar-refractivity contribution in [1.29, 1.82) is 0 Å². The zero-order valence-corrected chi connectivity index (χ0v) is 18.7. The van der Waals surface area contributed by atoms with E-state index in [1.165, 1.54) is 0 Å². The molecule has 7 heteroatoms. The Bertz CT molecular complexity index is 1100. The zero-order chi connectivity index (χ0) is 21.8. The molecule has 3 heterocycles. The molecular formula is C24H22BrNO5. The molecule has 1 saturated heterocycles. The van der Waals surface area contributed by atoms with Crippen LogP contribution in [0, 0.1) is 0 Å². The number of esters is 1. The summed E-state index contributed by atoms with van der Waals surface area (Å²) < 4.78 is 13.1. The Morgan fingerprint density at radius 2 is 1.94 bits per heavy atom. The number of likely N-dealkylation sites (tertiary alicyclic amines) is 1. The maximum atomic E-state index is 13.1. The highest BCUT2D eigenvalue weighted by atomic mass is 79.9. The highest BCUT2D eigenvalue weighted by Crippen LogP contribution is 2.50. The number of rotatable bonds is 1. The lowest BCUT2D eigenvalue weighted by Crippen LogP contribution is -2.52. The normalized spacial score (nSPS) is 21.7. The van der Waals surface area contributed by atoms with Gasteiger partial charge in [0.25, 0.3) is 0 Å². The first-order valence-corrected chi connectivity index (χ1v) is 11.3. The Labute approximate surface area is 188 Å². The molecule has 0 bridgehead atoms. The summed E-state index contributed by atoms with van der Waals surface area (Å²) in [6, 6.07) is 11.2. The lowest BCUT2D eigenvalue weighted by Gasteiger charge is -2.45. The SMILES string of the molecule is CC(=O)N1CCC2(CC1)CC(=O)c1ccc3c(c1O2)[C@@H](c1cccc(Br)c1)CC(=O)O3. The zero-order valence-electron chi connectivity index (χ0n) is 17.2. The van der Waals surface area contributed by atoms with E-state index < -0.39 is 5.60 Å². The van der Waals surface area contributed by atoms with E-state index in [1.54, 1.807) is 24.0 Å². The molecule has 1 fully saturated rings. The van der Waals surface area contributed by atoms with Crippen LogP contribution in [0.25, 0.3) is 0 Å². The maximum Gasteiger partial charge on any atom is 0.312 e. The Morgan fingerprint density at radius 3 is 2.65 bits per heavy atom. The van der Waals surface area contributed by atoms with Gasteiger partial charge in [0.1, 0.15) is 17.1 Å². The molecule has 6 nitrogen and oxygen atoms in total. The quantitative estimate of drug-likeness (QED) is 0.448. The van der Waals surface area contributed by atoms with Crippen LogP contribution in [0.1, 0.15) is 60.0 Å². The van der Waals surface area contributed by atoms with Gasteiger partial charge < -0.3 is 14.4 Å². The van der Waals surface area contributed by atoms with Gasteiger partial charge in [-0.3, -0.25) is 14.4 Å². The largest absolute Gasteiger partial charge is 0.485 e. The second kappa shape index (κ2) is 7.48. The summed E-state index contributed by atoms with van der Waals surface area (Å²) in [6.45, 7) is 2.70. The van der Waals surface area contributed by atoms with Gasteiger partial charge >= 0.3 is 5.97 Å². The average Bonchev–Trinajstić information content (AvgIpc) is 2.73. The summed E-state index contributed by atoms with van der Waals surface area (Å²) in [5, 5.41) is 0. The highest BCUT2D eigenvalue weighted by molar-refractivity contribution is 9.10. The number of hydrogen-bond acceptors (Lipinski definition) is 5. The molecule has 160 valence electrons. The van der Waals surface area contributed by atoms with Crippen molar-refractivity contribution < 1.29 is 23.9 Å². The van der Waals surface area contributed by atoms with Gasteiger partial charge in [-0.1, -0.05) is 28.1 Å². The molecular weight excluding hydrogens is 462 g/mol. The van der Waals surface area contributed by atoms with Crippen LogP contribution in [0.2, 0.25) is 0 Å². The minimum Gasteiger partial charge on any atom is -0.485 e. The summed E-state index contributed by atoms with van der Waals surface area (Å²) in [5.74, 6) is 0.489. The molecule has 0 N–H and O–H groups in total. The Balaban J connectivity index is 1.59. The van der Waals surface area contributed by atoms with Gasteiger partial charge in [-0.25, -0.2) is 0 Å². The summed E-state index contributed by atoms with van der Waals surface area (Å²) in [5.41, 5.74) is 1.63. The Kier molecular flexibility index (Phi) is 4.88. The monoisotopic (exact) mass is 483 g/mol. The van der Waals surface area contributed by atoms with Crippen LogP contribution in [-0.4, -0.2) is 41.3 Å². The molecule has 0 aliphatic carbocycles. The van der Waals surface area contributed by atoms with E-state index in [0.29, 0.717) is 49.4 Å². The summed E-state index contributed by atoms with van der Waals surface area (Å²) in [6.07, 6.45) is 1.68. The van der Waals surface area contributed by atoms with Gasteiger partial charge in [0.2, 0.25) is 5.91 Å². The summed E-state index contributed by atoms with van der Waals surface area (Å²) >= 11 is 3.51. The lowest BCUT2D eigenvalue weighted by molar-refractivity contribution is -0.135. The maximum absolute atomic E-state index is 13.1. The highest BCUT2D eigenvalue weighted by Gasteiger charge is 2.46. The van der Waals surface area contributed by atoms with Gasteiger partial charge in [0, 0.05) is 48.8 Å². The first-order valence-electron chi connectivity index (χ1n) is 10.5. The molecule has 1 spiro atoms. The van der Waals surface area contributed by atoms with Crippen molar-refractivity contribution in [3.05, 3.63) is 57.6 Å². The molecule has 2 aromatic carbocycles. The number of ketones is 1. The van der Waals surface area contributed by atoms with Crippen LogP contribution in [-0.2, 0) is 9.59 Å². The van der Waals surface area contributed by atoms with E-state index in [-0.39, 0.29) is 30.0 Å². The number of hydrogen-bond donors (Lipinski definition) is 0. The number of carbonyl (C=O) groups excluding carboxylic acids is 3. The predicted octanol–water partition coefficient (Wildman–Crippen LogP) is 4.24. The third kappa shape index (κ3) is 3.55. The second-order valence-corrected chi connectivity index (χ2v) is 9.45. The predicted molar refractivity (Wildman–Crippen MR) is 116 cm³/mol. The fraction of sp³-hybridized carbons (Fsp3) is 0.375. The van der Waals surface area contributed by atoms with Crippen molar-refractivity contribution in [3.63, 3.8) is 0 Å². The van der Waals surface area contributed by atoms with Crippen LogP contribution in [0.3, 0.4) is 0 Å². The number of ether oxygens (including phenoxy) is 2. The minimum atomic E-state index is -0.631. The fourth-order valence-electron chi connectivity index (χ4n) is 4.92. The van der Waals surface area contributed by atoms with Gasteiger partial charge in [-0.15, -0.1) is 0 Å². The lowest BCUT2D eigenvalue weighted by atomic mass is 9.79. The van der Waals surface area contributed by atoms with Crippen molar-refractivity contribution in [1.82, 2.24) is 4.90 Å². The molecule has 3 aliphatic rings. The van der Waals surface area contributed by atoms with Gasteiger partial charge in [0.15, 0.2) is 5.78 Å². The van der Waals surface area contributed by atoms with Crippen LogP contribution in [0.5, 0.6) is 11.5 Å². The second-order valence-electron chi connectivity index (χ2n) is 8.53. The molecule has 1 atom stereocenters. The molecule has 3 aliphatic heterocycles. The van der Waals surface area contributed by atoms with Gasteiger partial charge in [-0.05, 0) is 29.8 Å². The van der Waals surface area contributed by atoms with E-state index >= 15 is 0 Å². The molecule has 0 saturated carbocycles. The molecule has 31 heavy (non-hydrogen) atoms. The topological polar surface area (TPSA) is 72.9 Å². The third-order valence-corrected chi connectivity index (χ3v) is 7.07.